The predicted octanol–water partition coefficient (Wildman–Crippen LogP) is 1.47. The van der Waals surface area contributed by atoms with Gasteiger partial charge in [-0.2, -0.15) is 0 Å². The van der Waals surface area contributed by atoms with Gasteiger partial charge >= 0.3 is 0 Å². The zero-order valence-corrected chi connectivity index (χ0v) is 15.7. The lowest BCUT2D eigenvalue weighted by Gasteiger charge is -2.10. The topological polar surface area (TPSA) is 136 Å². The lowest BCUT2D eigenvalue weighted by molar-refractivity contribution is 0.102. The second kappa shape index (κ2) is 7.23. The number of rotatable bonds is 6. The summed E-state index contributed by atoms with van der Waals surface area (Å²) < 4.78 is 13.4. The first-order valence-electron chi connectivity index (χ1n) is 8.41. The molecule has 1 aromatic carbocycles. The highest BCUT2D eigenvalue weighted by Gasteiger charge is 2.19. The molecule has 12 heteroatoms. The SMILES string of the molecule is CCOc1cc2sc3ncc(C(=O)Nc4nnn[nH]4)c(=O)n3c2cc1OCC. The molecular weight excluding hydrogens is 386 g/mol. The van der Waals surface area contributed by atoms with Crippen LogP contribution >= 0.6 is 11.3 Å². The molecule has 0 saturated heterocycles. The van der Waals surface area contributed by atoms with Crippen LogP contribution in [0.25, 0.3) is 15.2 Å². The van der Waals surface area contributed by atoms with Gasteiger partial charge in [0.15, 0.2) is 16.5 Å². The van der Waals surface area contributed by atoms with Crippen molar-refractivity contribution in [1.82, 2.24) is 30.0 Å². The predicted molar refractivity (Wildman–Crippen MR) is 101 cm³/mol. The maximum absolute atomic E-state index is 13.0. The van der Waals surface area contributed by atoms with Gasteiger partial charge in [0.1, 0.15) is 5.56 Å². The molecule has 0 unspecified atom stereocenters. The van der Waals surface area contributed by atoms with E-state index in [1.54, 1.807) is 6.07 Å². The molecule has 0 radical (unpaired) electrons. The third-order valence-electron chi connectivity index (χ3n) is 3.82. The van der Waals surface area contributed by atoms with Crippen molar-refractivity contribution in [2.45, 2.75) is 13.8 Å². The minimum atomic E-state index is -0.666. The van der Waals surface area contributed by atoms with Crippen molar-refractivity contribution < 1.29 is 14.3 Å². The number of benzene rings is 1. The van der Waals surface area contributed by atoms with Gasteiger partial charge in [0.2, 0.25) is 5.95 Å². The number of aromatic nitrogens is 6. The molecule has 0 fully saturated rings. The van der Waals surface area contributed by atoms with E-state index in [-0.39, 0.29) is 11.5 Å². The number of hydrogen-bond acceptors (Lipinski definition) is 9. The summed E-state index contributed by atoms with van der Waals surface area (Å²) >= 11 is 1.31. The maximum atomic E-state index is 13.0. The largest absolute Gasteiger partial charge is 0.490 e. The summed E-state index contributed by atoms with van der Waals surface area (Å²) in [6.07, 6.45) is 1.24. The molecule has 0 aliphatic heterocycles. The molecule has 0 bridgehead atoms. The summed E-state index contributed by atoms with van der Waals surface area (Å²) in [5, 5.41) is 15.1. The van der Waals surface area contributed by atoms with Gasteiger partial charge in [-0.05, 0) is 24.3 Å². The van der Waals surface area contributed by atoms with E-state index in [9.17, 15) is 9.59 Å². The van der Waals surface area contributed by atoms with Crippen LogP contribution < -0.4 is 20.3 Å². The van der Waals surface area contributed by atoms with Crippen molar-refractivity contribution in [1.29, 1.82) is 0 Å². The molecule has 28 heavy (non-hydrogen) atoms. The Morgan fingerprint density at radius 1 is 1.25 bits per heavy atom. The Labute approximate surface area is 161 Å². The number of hydrogen-bond donors (Lipinski definition) is 2. The van der Waals surface area contributed by atoms with Crippen LogP contribution in [0.1, 0.15) is 24.2 Å². The molecule has 1 amide bonds. The van der Waals surface area contributed by atoms with Crippen LogP contribution in [0.5, 0.6) is 11.5 Å². The number of thiazole rings is 1. The minimum Gasteiger partial charge on any atom is -0.490 e. The van der Waals surface area contributed by atoms with E-state index in [1.807, 2.05) is 19.9 Å². The summed E-state index contributed by atoms with van der Waals surface area (Å²) in [5.74, 6) is 0.476. The number of amides is 1. The first-order chi connectivity index (χ1) is 13.6. The lowest BCUT2D eigenvalue weighted by atomic mass is 10.2. The number of fused-ring (bicyclic) bond motifs is 3. The lowest BCUT2D eigenvalue weighted by Crippen LogP contribution is -2.26. The fourth-order valence-electron chi connectivity index (χ4n) is 2.69. The van der Waals surface area contributed by atoms with E-state index < -0.39 is 11.5 Å². The molecule has 3 aromatic heterocycles. The smallest absolute Gasteiger partial charge is 0.271 e. The summed E-state index contributed by atoms with van der Waals surface area (Å²) in [6.45, 7) is 4.67. The minimum absolute atomic E-state index is 0.0321. The average molecular weight is 401 g/mol. The Bertz CT molecular complexity index is 1220. The van der Waals surface area contributed by atoms with Gasteiger partial charge in [-0.3, -0.25) is 19.3 Å². The van der Waals surface area contributed by atoms with Crippen molar-refractivity contribution >= 4 is 38.4 Å². The molecule has 0 spiro atoms. The van der Waals surface area contributed by atoms with Gasteiger partial charge in [0.05, 0.1) is 23.4 Å². The van der Waals surface area contributed by atoms with Crippen LogP contribution in [0.2, 0.25) is 0 Å². The Kier molecular flexibility index (Phi) is 4.61. The van der Waals surface area contributed by atoms with Crippen LogP contribution in [-0.2, 0) is 0 Å². The van der Waals surface area contributed by atoms with Gasteiger partial charge in [0.25, 0.3) is 11.5 Å². The highest BCUT2D eigenvalue weighted by molar-refractivity contribution is 7.23. The van der Waals surface area contributed by atoms with Crippen LogP contribution in [-0.4, -0.2) is 49.1 Å². The zero-order chi connectivity index (χ0) is 19.7. The number of carbonyl (C=O) groups excluding carboxylic acids is 1. The molecule has 4 rings (SSSR count). The summed E-state index contributed by atoms with van der Waals surface area (Å²) in [5.41, 5.74) is -0.0614. The maximum Gasteiger partial charge on any atom is 0.271 e. The van der Waals surface area contributed by atoms with E-state index in [0.717, 1.165) is 4.70 Å². The molecule has 3 heterocycles. The number of anilines is 1. The summed E-state index contributed by atoms with van der Waals surface area (Å²) in [7, 11) is 0. The summed E-state index contributed by atoms with van der Waals surface area (Å²) in [6, 6.07) is 3.53. The number of nitrogens with one attached hydrogen (secondary N) is 2. The molecule has 0 saturated carbocycles. The van der Waals surface area contributed by atoms with E-state index in [1.165, 1.54) is 21.9 Å². The number of aromatic amines is 1. The number of nitrogens with zero attached hydrogens (tertiary/aromatic N) is 5. The van der Waals surface area contributed by atoms with Crippen LogP contribution in [0, 0.1) is 0 Å². The molecule has 0 atom stereocenters. The Morgan fingerprint density at radius 3 is 2.68 bits per heavy atom. The Morgan fingerprint density at radius 2 is 2.00 bits per heavy atom. The van der Waals surface area contributed by atoms with Crippen LogP contribution in [0.15, 0.2) is 23.1 Å². The second-order valence-corrected chi connectivity index (χ2v) is 6.54. The third-order valence-corrected chi connectivity index (χ3v) is 4.84. The Hall–Kier alpha value is -3.54. The van der Waals surface area contributed by atoms with Crippen LogP contribution in [0.4, 0.5) is 5.95 Å². The average Bonchev–Trinajstić information content (AvgIpc) is 3.30. The van der Waals surface area contributed by atoms with E-state index in [4.69, 9.17) is 9.47 Å². The van der Waals surface area contributed by atoms with Crippen molar-refractivity contribution in [3.05, 3.63) is 34.2 Å². The van der Waals surface area contributed by atoms with Gasteiger partial charge in [-0.1, -0.05) is 16.4 Å². The zero-order valence-electron chi connectivity index (χ0n) is 14.9. The molecular formula is C16H15N7O4S. The number of ether oxygens (including phenoxy) is 2. The van der Waals surface area contributed by atoms with Crippen molar-refractivity contribution in [2.24, 2.45) is 0 Å². The van der Waals surface area contributed by atoms with E-state index in [2.05, 4.69) is 30.9 Å². The molecule has 144 valence electrons. The first kappa shape index (κ1) is 17.9. The molecule has 4 aromatic rings. The molecule has 0 aliphatic carbocycles. The molecule has 0 aliphatic rings. The fraction of sp³-hybridized carbons (Fsp3) is 0.250. The van der Waals surface area contributed by atoms with Gasteiger partial charge in [-0.15, -0.1) is 0 Å². The van der Waals surface area contributed by atoms with Gasteiger partial charge in [0, 0.05) is 18.3 Å². The number of carbonyl (C=O) groups is 1. The standard InChI is InChI=1S/C16H15N7O4S/c1-3-26-10-5-9-12(6-11(10)27-4-2)28-16-17-7-8(14(25)23(9)16)13(24)18-15-19-21-22-20-15/h5-7H,3-4H2,1-2H3,(H2,18,19,20,21,22,24). The van der Waals surface area contributed by atoms with Crippen LogP contribution in [0.3, 0.4) is 0 Å². The first-order valence-corrected chi connectivity index (χ1v) is 9.23. The second-order valence-electron chi connectivity index (χ2n) is 5.53. The highest BCUT2D eigenvalue weighted by Crippen LogP contribution is 2.36. The van der Waals surface area contributed by atoms with Crippen molar-refractivity contribution in [3.8, 4) is 11.5 Å². The molecule has 11 nitrogen and oxygen atoms in total. The number of H-pyrrole nitrogens is 1. The highest BCUT2D eigenvalue weighted by atomic mass is 32.1. The molecule has 2 N–H and O–H groups in total. The van der Waals surface area contributed by atoms with Crippen molar-refractivity contribution in [2.75, 3.05) is 18.5 Å². The van der Waals surface area contributed by atoms with Crippen molar-refractivity contribution in [3.63, 3.8) is 0 Å². The van der Waals surface area contributed by atoms with Gasteiger partial charge in [-0.25, -0.2) is 10.1 Å². The third kappa shape index (κ3) is 3.03. The summed E-state index contributed by atoms with van der Waals surface area (Å²) in [4.78, 5) is 30.1. The fourth-order valence-corrected chi connectivity index (χ4v) is 3.68. The quantitative estimate of drug-likeness (QED) is 0.496. The van der Waals surface area contributed by atoms with E-state index >= 15 is 0 Å². The normalized spacial score (nSPS) is 11.1. The monoisotopic (exact) mass is 401 g/mol. The Balaban J connectivity index is 1.86. The van der Waals surface area contributed by atoms with E-state index in [0.29, 0.717) is 35.2 Å². The number of tetrazole rings is 1. The van der Waals surface area contributed by atoms with Gasteiger partial charge < -0.3 is 9.47 Å².